The number of carbonyl (C=O) groups excluding carboxylic acids is 1. The van der Waals surface area contributed by atoms with Gasteiger partial charge in [0, 0.05) is 31.7 Å². The Morgan fingerprint density at radius 3 is 2.54 bits per heavy atom. The van der Waals surface area contributed by atoms with Crippen LogP contribution in [0.4, 0.5) is 0 Å². The van der Waals surface area contributed by atoms with E-state index in [1.54, 1.807) is 0 Å². The zero-order valence-electron chi connectivity index (χ0n) is 14.9. The number of aryl methyl sites for hydroxylation is 3. The van der Waals surface area contributed by atoms with Gasteiger partial charge in [-0.25, -0.2) is 4.98 Å². The molecule has 0 atom stereocenters. The minimum absolute atomic E-state index is 0.136. The summed E-state index contributed by atoms with van der Waals surface area (Å²) in [5.41, 5.74) is 4.40. The first-order valence-electron chi connectivity index (χ1n) is 8.56. The van der Waals surface area contributed by atoms with Gasteiger partial charge in [0.1, 0.15) is 9.88 Å². The van der Waals surface area contributed by atoms with Crippen molar-refractivity contribution in [2.24, 2.45) is 0 Å². The van der Waals surface area contributed by atoms with Crippen LogP contribution in [-0.4, -0.2) is 53.4 Å². The molecular weight excluding hydrogens is 318 g/mol. The average Bonchev–Trinajstić information content (AvgIpc) is 2.98. The monoisotopic (exact) mass is 343 g/mol. The van der Waals surface area contributed by atoms with Crippen LogP contribution in [0, 0.1) is 20.8 Å². The van der Waals surface area contributed by atoms with Crippen molar-refractivity contribution in [2.75, 3.05) is 32.7 Å². The fourth-order valence-electron chi connectivity index (χ4n) is 3.09. The second kappa shape index (κ2) is 7.03. The molecule has 3 rings (SSSR count). The normalized spacial score (nSPS) is 15.8. The Morgan fingerprint density at radius 2 is 1.88 bits per heavy atom. The quantitative estimate of drug-likeness (QED) is 0.856. The summed E-state index contributed by atoms with van der Waals surface area (Å²) in [4.78, 5) is 22.7. The van der Waals surface area contributed by atoms with E-state index in [0.717, 1.165) is 53.9 Å². The van der Waals surface area contributed by atoms with E-state index in [9.17, 15) is 4.79 Å². The largest absolute Gasteiger partial charge is 0.335 e. The molecule has 0 radical (unpaired) electrons. The van der Waals surface area contributed by atoms with E-state index in [1.807, 2.05) is 11.8 Å². The number of piperazine rings is 1. The topological polar surface area (TPSA) is 36.4 Å². The zero-order chi connectivity index (χ0) is 17.3. The molecule has 2 heterocycles. The lowest BCUT2D eigenvalue weighted by atomic mass is 10.1. The molecule has 0 bridgehead atoms. The predicted molar refractivity (Wildman–Crippen MR) is 99.8 cm³/mol. The van der Waals surface area contributed by atoms with Crippen LogP contribution in [0.2, 0.25) is 0 Å². The van der Waals surface area contributed by atoms with Crippen LogP contribution in [0.15, 0.2) is 18.2 Å². The van der Waals surface area contributed by atoms with Gasteiger partial charge >= 0.3 is 0 Å². The zero-order valence-corrected chi connectivity index (χ0v) is 15.7. The summed E-state index contributed by atoms with van der Waals surface area (Å²) < 4.78 is 0. The smallest absolute Gasteiger partial charge is 0.265 e. The van der Waals surface area contributed by atoms with Gasteiger partial charge < -0.3 is 9.80 Å². The second-order valence-corrected chi connectivity index (χ2v) is 7.48. The minimum Gasteiger partial charge on any atom is -0.335 e. The molecule has 0 aliphatic carbocycles. The van der Waals surface area contributed by atoms with E-state index in [1.165, 1.54) is 22.5 Å². The molecule has 1 saturated heterocycles. The van der Waals surface area contributed by atoms with Crippen LogP contribution >= 0.6 is 11.3 Å². The molecule has 0 N–H and O–H groups in total. The predicted octanol–water partition coefficient (Wildman–Crippen LogP) is 3.51. The lowest BCUT2D eigenvalue weighted by Crippen LogP contribution is -2.48. The fourth-order valence-corrected chi connectivity index (χ4v) is 4.20. The fraction of sp³-hybridized carbons (Fsp3) is 0.474. The van der Waals surface area contributed by atoms with Gasteiger partial charge in [0.2, 0.25) is 0 Å². The average molecular weight is 343 g/mol. The molecule has 128 valence electrons. The van der Waals surface area contributed by atoms with E-state index in [4.69, 9.17) is 4.98 Å². The molecule has 4 nitrogen and oxygen atoms in total. The molecule has 1 aliphatic rings. The molecule has 2 aromatic rings. The molecule has 1 fully saturated rings. The number of hydrogen-bond donors (Lipinski definition) is 0. The first-order valence-corrected chi connectivity index (χ1v) is 9.38. The summed E-state index contributed by atoms with van der Waals surface area (Å²) in [7, 11) is 0. The highest BCUT2D eigenvalue weighted by molar-refractivity contribution is 7.17. The first kappa shape index (κ1) is 17.1. The van der Waals surface area contributed by atoms with Gasteiger partial charge in [-0.2, -0.15) is 0 Å². The molecule has 0 saturated carbocycles. The highest BCUT2D eigenvalue weighted by atomic mass is 32.1. The second-order valence-electron chi connectivity index (χ2n) is 6.48. The number of carbonyl (C=O) groups is 1. The van der Waals surface area contributed by atoms with Crippen molar-refractivity contribution >= 4 is 17.2 Å². The summed E-state index contributed by atoms with van der Waals surface area (Å²) in [5.74, 6) is 0.136. The van der Waals surface area contributed by atoms with Gasteiger partial charge in [-0.05, 0) is 38.9 Å². The van der Waals surface area contributed by atoms with Crippen molar-refractivity contribution in [3.05, 3.63) is 39.9 Å². The maximum atomic E-state index is 12.9. The molecular formula is C19H25N3OS. The number of nitrogens with zero attached hydrogens (tertiary/aromatic N) is 3. The highest BCUT2D eigenvalue weighted by Crippen LogP contribution is 2.31. The number of thiazole rings is 1. The summed E-state index contributed by atoms with van der Waals surface area (Å²) in [6.07, 6.45) is 0. The Labute approximate surface area is 148 Å². The Bertz CT molecular complexity index is 745. The summed E-state index contributed by atoms with van der Waals surface area (Å²) >= 11 is 1.53. The van der Waals surface area contributed by atoms with Crippen molar-refractivity contribution in [3.63, 3.8) is 0 Å². The Kier molecular flexibility index (Phi) is 5.01. The van der Waals surface area contributed by atoms with E-state index >= 15 is 0 Å². The van der Waals surface area contributed by atoms with E-state index in [-0.39, 0.29) is 5.91 Å². The molecule has 0 unspecified atom stereocenters. The van der Waals surface area contributed by atoms with Gasteiger partial charge in [0.15, 0.2) is 0 Å². The number of benzene rings is 1. The standard InChI is InChI=1S/C19H25N3OS/c1-5-21-8-10-22(11-9-21)19(23)17-15(4)20-18(24-17)16-12-13(2)6-7-14(16)3/h6-7,12H,5,8-11H2,1-4H3. The van der Waals surface area contributed by atoms with E-state index in [2.05, 4.69) is 43.9 Å². The molecule has 1 aromatic heterocycles. The summed E-state index contributed by atoms with van der Waals surface area (Å²) in [6.45, 7) is 12.9. The molecule has 0 spiro atoms. The van der Waals surface area contributed by atoms with Gasteiger partial charge in [-0.1, -0.05) is 24.6 Å². The summed E-state index contributed by atoms with van der Waals surface area (Å²) in [6, 6.07) is 6.38. The number of rotatable bonds is 3. The number of aromatic nitrogens is 1. The van der Waals surface area contributed by atoms with E-state index < -0.39 is 0 Å². The van der Waals surface area contributed by atoms with Crippen LogP contribution in [0.1, 0.15) is 33.4 Å². The number of amides is 1. The highest BCUT2D eigenvalue weighted by Gasteiger charge is 2.25. The van der Waals surface area contributed by atoms with Crippen LogP contribution in [0.3, 0.4) is 0 Å². The van der Waals surface area contributed by atoms with Crippen LogP contribution < -0.4 is 0 Å². The molecule has 24 heavy (non-hydrogen) atoms. The number of hydrogen-bond acceptors (Lipinski definition) is 4. The maximum absolute atomic E-state index is 12.9. The van der Waals surface area contributed by atoms with Crippen molar-refractivity contribution in [3.8, 4) is 10.6 Å². The van der Waals surface area contributed by atoms with Gasteiger partial charge in [-0.3, -0.25) is 4.79 Å². The first-order chi connectivity index (χ1) is 11.5. The lowest BCUT2D eigenvalue weighted by Gasteiger charge is -2.33. The van der Waals surface area contributed by atoms with Crippen molar-refractivity contribution in [1.82, 2.24) is 14.8 Å². The SMILES string of the molecule is CCN1CCN(C(=O)c2sc(-c3cc(C)ccc3C)nc2C)CC1. The van der Waals surface area contributed by atoms with Crippen LogP contribution in [0.25, 0.3) is 10.6 Å². The summed E-state index contributed by atoms with van der Waals surface area (Å²) in [5, 5.41) is 0.948. The Balaban J connectivity index is 1.84. The van der Waals surface area contributed by atoms with Crippen molar-refractivity contribution in [1.29, 1.82) is 0 Å². The third-order valence-corrected chi connectivity index (χ3v) is 5.90. The van der Waals surface area contributed by atoms with Gasteiger partial charge in [-0.15, -0.1) is 11.3 Å². The number of likely N-dealkylation sites (N-methyl/N-ethyl adjacent to an activating group) is 1. The molecule has 5 heteroatoms. The molecule has 1 aliphatic heterocycles. The molecule has 1 amide bonds. The Hall–Kier alpha value is -1.72. The Morgan fingerprint density at radius 1 is 1.17 bits per heavy atom. The third-order valence-electron chi connectivity index (χ3n) is 4.72. The van der Waals surface area contributed by atoms with E-state index in [0.29, 0.717) is 0 Å². The van der Waals surface area contributed by atoms with Crippen molar-refractivity contribution < 1.29 is 4.79 Å². The minimum atomic E-state index is 0.136. The van der Waals surface area contributed by atoms with Gasteiger partial charge in [0.05, 0.1) is 5.69 Å². The molecule has 1 aromatic carbocycles. The van der Waals surface area contributed by atoms with Crippen LogP contribution in [-0.2, 0) is 0 Å². The van der Waals surface area contributed by atoms with Crippen molar-refractivity contribution in [2.45, 2.75) is 27.7 Å². The maximum Gasteiger partial charge on any atom is 0.265 e. The lowest BCUT2D eigenvalue weighted by molar-refractivity contribution is 0.0647. The van der Waals surface area contributed by atoms with Crippen LogP contribution in [0.5, 0.6) is 0 Å². The third kappa shape index (κ3) is 3.37. The van der Waals surface area contributed by atoms with Gasteiger partial charge in [0.25, 0.3) is 5.91 Å².